The van der Waals surface area contributed by atoms with Gasteiger partial charge in [-0.3, -0.25) is 0 Å². The van der Waals surface area contributed by atoms with E-state index in [2.05, 4.69) is 5.32 Å². The Morgan fingerprint density at radius 3 is 2.52 bits per heavy atom. The quantitative estimate of drug-likeness (QED) is 0.822. The molecule has 0 saturated carbocycles. The minimum Gasteiger partial charge on any atom is -0.508 e. The van der Waals surface area contributed by atoms with Gasteiger partial charge in [0.2, 0.25) is 0 Å². The molecule has 0 bridgehead atoms. The predicted octanol–water partition coefficient (Wildman–Crippen LogP) is 3.74. The van der Waals surface area contributed by atoms with Gasteiger partial charge < -0.3 is 15.2 Å². The van der Waals surface area contributed by atoms with Crippen molar-refractivity contribution in [3.8, 4) is 5.75 Å². The van der Waals surface area contributed by atoms with Gasteiger partial charge in [0.15, 0.2) is 0 Å². The molecule has 0 radical (unpaired) electrons. The van der Waals surface area contributed by atoms with E-state index in [1.54, 1.807) is 25.1 Å². The van der Waals surface area contributed by atoms with Crippen LogP contribution in [0.2, 0.25) is 0 Å². The Balaban J connectivity index is 2.19. The number of hydrogen-bond acceptors (Lipinski definition) is 4. The Hall–Kier alpha value is -2.49. The fourth-order valence-electron chi connectivity index (χ4n) is 2.08. The van der Waals surface area contributed by atoms with Crippen molar-refractivity contribution in [1.82, 2.24) is 0 Å². The standard InChI is InChI=1S/C17H19NO3/c1-3-21-17(20)15-6-4-5-7-16(15)18-12(2)13-8-10-14(19)11-9-13/h4-12,18-19H,3H2,1-2H3. The molecule has 1 atom stereocenters. The lowest BCUT2D eigenvalue weighted by Crippen LogP contribution is -2.12. The largest absolute Gasteiger partial charge is 0.508 e. The zero-order valence-electron chi connectivity index (χ0n) is 12.2. The van der Waals surface area contributed by atoms with Crippen LogP contribution in [0.5, 0.6) is 5.75 Å². The minimum atomic E-state index is -0.335. The predicted molar refractivity (Wildman–Crippen MR) is 82.5 cm³/mol. The third-order valence-electron chi connectivity index (χ3n) is 3.19. The second-order valence-corrected chi connectivity index (χ2v) is 4.72. The highest BCUT2D eigenvalue weighted by molar-refractivity contribution is 5.95. The molecule has 2 rings (SSSR count). The summed E-state index contributed by atoms with van der Waals surface area (Å²) in [5.41, 5.74) is 2.27. The smallest absolute Gasteiger partial charge is 0.340 e. The van der Waals surface area contributed by atoms with E-state index in [1.807, 2.05) is 37.3 Å². The first-order valence-electron chi connectivity index (χ1n) is 6.93. The maximum Gasteiger partial charge on any atom is 0.340 e. The van der Waals surface area contributed by atoms with Gasteiger partial charge in [0, 0.05) is 11.7 Å². The van der Waals surface area contributed by atoms with Gasteiger partial charge >= 0.3 is 5.97 Å². The zero-order chi connectivity index (χ0) is 15.2. The maximum absolute atomic E-state index is 11.9. The van der Waals surface area contributed by atoms with Crippen molar-refractivity contribution in [2.75, 3.05) is 11.9 Å². The topological polar surface area (TPSA) is 58.6 Å². The molecule has 0 aliphatic heterocycles. The summed E-state index contributed by atoms with van der Waals surface area (Å²) in [7, 11) is 0. The third-order valence-corrected chi connectivity index (χ3v) is 3.19. The highest BCUT2D eigenvalue weighted by Crippen LogP contribution is 2.24. The molecule has 0 saturated heterocycles. The van der Waals surface area contributed by atoms with Crippen molar-refractivity contribution in [3.05, 3.63) is 59.7 Å². The fraction of sp³-hybridized carbons (Fsp3) is 0.235. The summed E-state index contributed by atoms with van der Waals surface area (Å²) in [6, 6.07) is 14.3. The van der Waals surface area contributed by atoms with Crippen molar-refractivity contribution in [2.45, 2.75) is 19.9 Å². The van der Waals surface area contributed by atoms with Crippen molar-refractivity contribution < 1.29 is 14.6 Å². The highest BCUT2D eigenvalue weighted by atomic mass is 16.5. The van der Waals surface area contributed by atoms with Crippen LogP contribution in [0.4, 0.5) is 5.69 Å². The van der Waals surface area contributed by atoms with Crippen LogP contribution in [0.1, 0.15) is 35.8 Å². The van der Waals surface area contributed by atoms with Crippen LogP contribution < -0.4 is 5.32 Å². The Kier molecular flexibility index (Phi) is 4.82. The Morgan fingerprint density at radius 2 is 1.86 bits per heavy atom. The van der Waals surface area contributed by atoms with Gasteiger partial charge in [-0.1, -0.05) is 24.3 Å². The van der Waals surface area contributed by atoms with E-state index in [-0.39, 0.29) is 17.8 Å². The molecule has 2 aromatic carbocycles. The van der Waals surface area contributed by atoms with Gasteiger partial charge in [0.05, 0.1) is 12.2 Å². The van der Waals surface area contributed by atoms with Crippen LogP contribution in [-0.2, 0) is 4.74 Å². The molecule has 110 valence electrons. The summed E-state index contributed by atoms with van der Waals surface area (Å²) in [6.45, 7) is 4.13. The van der Waals surface area contributed by atoms with E-state index in [0.717, 1.165) is 11.3 Å². The first kappa shape index (κ1) is 14.9. The van der Waals surface area contributed by atoms with Gasteiger partial charge in [-0.05, 0) is 43.7 Å². The number of nitrogens with one attached hydrogen (secondary N) is 1. The van der Waals surface area contributed by atoms with Gasteiger partial charge in [-0.15, -0.1) is 0 Å². The summed E-state index contributed by atoms with van der Waals surface area (Å²) in [6.07, 6.45) is 0. The maximum atomic E-state index is 11.9. The average Bonchev–Trinajstić information content (AvgIpc) is 2.48. The normalized spacial score (nSPS) is 11.7. The molecule has 0 spiro atoms. The average molecular weight is 285 g/mol. The van der Waals surface area contributed by atoms with E-state index in [0.29, 0.717) is 12.2 Å². The van der Waals surface area contributed by atoms with Crippen LogP contribution in [0, 0.1) is 0 Å². The lowest BCUT2D eigenvalue weighted by Gasteiger charge is -2.18. The molecule has 0 heterocycles. The number of hydrogen-bond donors (Lipinski definition) is 2. The minimum absolute atomic E-state index is 0.00109. The van der Waals surface area contributed by atoms with Crippen molar-refractivity contribution in [3.63, 3.8) is 0 Å². The molecule has 0 amide bonds. The molecule has 0 aliphatic carbocycles. The molecule has 4 heteroatoms. The van der Waals surface area contributed by atoms with Crippen LogP contribution in [0.3, 0.4) is 0 Å². The first-order chi connectivity index (χ1) is 10.1. The molecule has 4 nitrogen and oxygen atoms in total. The van der Waals surface area contributed by atoms with Gasteiger partial charge in [0.25, 0.3) is 0 Å². The highest BCUT2D eigenvalue weighted by Gasteiger charge is 2.14. The Morgan fingerprint density at radius 1 is 1.19 bits per heavy atom. The van der Waals surface area contributed by atoms with Crippen molar-refractivity contribution in [1.29, 1.82) is 0 Å². The molecule has 21 heavy (non-hydrogen) atoms. The third kappa shape index (κ3) is 3.75. The van der Waals surface area contributed by atoms with E-state index < -0.39 is 0 Å². The number of phenolic OH excluding ortho intramolecular Hbond substituents is 1. The number of para-hydroxylation sites is 1. The number of rotatable bonds is 5. The number of carbonyl (C=O) groups is 1. The monoisotopic (exact) mass is 285 g/mol. The van der Waals surface area contributed by atoms with Gasteiger partial charge in [-0.2, -0.15) is 0 Å². The van der Waals surface area contributed by atoms with E-state index in [1.165, 1.54) is 0 Å². The summed E-state index contributed by atoms with van der Waals surface area (Å²) >= 11 is 0. The summed E-state index contributed by atoms with van der Waals surface area (Å²) in [5, 5.41) is 12.6. The molecular formula is C17H19NO3. The number of carbonyl (C=O) groups excluding carboxylic acids is 1. The van der Waals surface area contributed by atoms with Crippen LogP contribution in [0.25, 0.3) is 0 Å². The van der Waals surface area contributed by atoms with Crippen LogP contribution >= 0.6 is 0 Å². The van der Waals surface area contributed by atoms with Crippen LogP contribution in [0.15, 0.2) is 48.5 Å². The van der Waals surface area contributed by atoms with Crippen molar-refractivity contribution >= 4 is 11.7 Å². The Labute approximate surface area is 124 Å². The van der Waals surface area contributed by atoms with Gasteiger partial charge in [-0.25, -0.2) is 4.79 Å². The number of esters is 1. The number of benzene rings is 2. The Bertz CT molecular complexity index is 608. The molecule has 0 aliphatic rings. The van der Waals surface area contributed by atoms with Gasteiger partial charge in [0.1, 0.15) is 5.75 Å². The SMILES string of the molecule is CCOC(=O)c1ccccc1NC(C)c1ccc(O)cc1. The number of phenols is 1. The van der Waals surface area contributed by atoms with Crippen LogP contribution in [-0.4, -0.2) is 17.7 Å². The molecule has 2 aromatic rings. The zero-order valence-corrected chi connectivity index (χ0v) is 12.2. The molecule has 0 fully saturated rings. The lowest BCUT2D eigenvalue weighted by atomic mass is 10.1. The summed E-state index contributed by atoms with van der Waals surface area (Å²) in [5.74, 6) is -0.101. The number of anilines is 1. The lowest BCUT2D eigenvalue weighted by molar-refractivity contribution is 0.0527. The summed E-state index contributed by atoms with van der Waals surface area (Å²) < 4.78 is 5.06. The van der Waals surface area contributed by atoms with E-state index in [4.69, 9.17) is 4.74 Å². The molecule has 1 unspecified atom stereocenters. The van der Waals surface area contributed by atoms with Crippen molar-refractivity contribution in [2.24, 2.45) is 0 Å². The molecule has 2 N–H and O–H groups in total. The molecular weight excluding hydrogens is 266 g/mol. The fourth-order valence-corrected chi connectivity index (χ4v) is 2.08. The second-order valence-electron chi connectivity index (χ2n) is 4.72. The van der Waals surface area contributed by atoms with E-state index >= 15 is 0 Å². The number of ether oxygens (including phenoxy) is 1. The summed E-state index contributed by atoms with van der Waals surface area (Å²) in [4.78, 5) is 11.9. The molecule has 0 aromatic heterocycles. The number of aromatic hydroxyl groups is 1. The second kappa shape index (κ2) is 6.79. The first-order valence-corrected chi connectivity index (χ1v) is 6.93. The van der Waals surface area contributed by atoms with E-state index in [9.17, 15) is 9.90 Å².